The number of piperidine rings is 1. The third-order valence-corrected chi connectivity index (χ3v) is 15.8. The number of benzene rings is 6. The molecule has 69 heavy (non-hydrogen) atoms. The van der Waals surface area contributed by atoms with Crippen LogP contribution in [0.25, 0.3) is 0 Å². The van der Waals surface area contributed by atoms with E-state index in [4.69, 9.17) is 23.2 Å². The van der Waals surface area contributed by atoms with Crippen molar-refractivity contribution in [3.05, 3.63) is 184 Å². The van der Waals surface area contributed by atoms with Crippen molar-refractivity contribution in [2.45, 2.75) is 53.7 Å². The van der Waals surface area contributed by atoms with E-state index >= 15 is 0 Å². The molecule has 0 bridgehead atoms. The third kappa shape index (κ3) is 13.9. The lowest BCUT2D eigenvalue weighted by molar-refractivity contribution is -0.137. The van der Waals surface area contributed by atoms with E-state index in [0.717, 1.165) is 30.7 Å². The van der Waals surface area contributed by atoms with E-state index in [1.54, 1.807) is 72.8 Å². The molecule has 12 nitrogen and oxygen atoms in total. The number of carbonyl (C=O) groups excluding carboxylic acids is 2. The van der Waals surface area contributed by atoms with Crippen molar-refractivity contribution >= 4 is 72.1 Å². The zero-order valence-electron chi connectivity index (χ0n) is 37.0. The van der Waals surface area contributed by atoms with Crippen LogP contribution in [-0.4, -0.2) is 82.1 Å². The molecule has 1 unspecified atom stereocenters. The summed E-state index contributed by atoms with van der Waals surface area (Å²) in [5.74, 6) is -0.671. The normalized spacial score (nSPS) is 16.0. The molecule has 0 aliphatic carbocycles. The summed E-state index contributed by atoms with van der Waals surface area (Å²) >= 11 is 11.7. The van der Waals surface area contributed by atoms with Crippen LogP contribution in [0, 0.1) is 0 Å². The van der Waals surface area contributed by atoms with Crippen molar-refractivity contribution in [1.82, 2.24) is 13.9 Å². The topological polar surface area (TPSA) is 157 Å². The highest BCUT2D eigenvalue weighted by Gasteiger charge is 2.33. The third-order valence-electron chi connectivity index (χ3n) is 11.5. The Balaban J connectivity index is 0.000000206. The second-order valence-electron chi connectivity index (χ2n) is 16.4. The van der Waals surface area contributed by atoms with Crippen LogP contribution in [0.2, 0.25) is 10.0 Å². The van der Waals surface area contributed by atoms with E-state index in [-0.39, 0.29) is 40.2 Å². The maximum atomic E-state index is 13.2. The van der Waals surface area contributed by atoms with E-state index < -0.39 is 31.8 Å². The zero-order valence-corrected chi connectivity index (χ0v) is 40.1. The lowest BCUT2D eigenvalue weighted by atomic mass is 10.1. The first-order valence-electron chi connectivity index (χ1n) is 22.0. The molecule has 0 saturated carbocycles. The first kappa shape index (κ1) is 51.1. The number of rotatable bonds is 14. The minimum absolute atomic E-state index is 0.0986. The van der Waals surface area contributed by atoms with E-state index in [0.29, 0.717) is 77.1 Å². The maximum Gasteiger partial charge on any atom is 0.416 e. The molecule has 2 amide bonds. The number of carbonyl (C=O) groups is 2. The van der Waals surface area contributed by atoms with Crippen molar-refractivity contribution in [3.63, 3.8) is 0 Å². The van der Waals surface area contributed by atoms with Crippen molar-refractivity contribution in [3.8, 4) is 0 Å². The molecule has 0 spiro atoms. The molecule has 2 aliphatic heterocycles. The van der Waals surface area contributed by atoms with Gasteiger partial charge in [-0.3, -0.25) is 9.59 Å². The van der Waals surface area contributed by atoms with Gasteiger partial charge in [-0.15, -0.1) is 0 Å². The Morgan fingerprint density at radius 2 is 1.10 bits per heavy atom. The molecule has 0 radical (unpaired) electrons. The summed E-state index contributed by atoms with van der Waals surface area (Å²) < 4.78 is 94.1. The van der Waals surface area contributed by atoms with Gasteiger partial charge in [0.1, 0.15) is 0 Å². The molecule has 2 heterocycles. The molecule has 2 saturated heterocycles. The van der Waals surface area contributed by atoms with Crippen LogP contribution in [0.5, 0.6) is 0 Å². The monoisotopic (exact) mass is 1020 g/mol. The number of sulfonamides is 2. The van der Waals surface area contributed by atoms with Gasteiger partial charge in [-0.1, -0.05) is 65.7 Å². The number of alkyl halides is 3. The number of halogens is 5. The van der Waals surface area contributed by atoms with Gasteiger partial charge in [-0.05, 0) is 147 Å². The van der Waals surface area contributed by atoms with Crippen LogP contribution in [0.3, 0.4) is 0 Å². The Morgan fingerprint density at radius 1 is 0.565 bits per heavy atom. The first-order chi connectivity index (χ1) is 32.9. The summed E-state index contributed by atoms with van der Waals surface area (Å²) in [6, 6.07) is 40.5. The van der Waals surface area contributed by atoms with Crippen LogP contribution >= 0.6 is 23.2 Å². The average molecular weight is 1020 g/mol. The van der Waals surface area contributed by atoms with E-state index in [2.05, 4.69) is 21.3 Å². The number of hydrogen-bond donors (Lipinski definition) is 4. The van der Waals surface area contributed by atoms with Crippen LogP contribution in [0.1, 0.15) is 51.1 Å². The van der Waals surface area contributed by atoms with Crippen LogP contribution in [-0.2, 0) is 32.6 Å². The number of nitrogens with one attached hydrogen (secondary N) is 4. The van der Waals surface area contributed by atoms with Crippen molar-refractivity contribution < 1.29 is 39.6 Å². The summed E-state index contributed by atoms with van der Waals surface area (Å²) in [6.45, 7) is 1.91. The summed E-state index contributed by atoms with van der Waals surface area (Å²) in [5, 5.41) is 13.2. The van der Waals surface area contributed by atoms with Gasteiger partial charge in [0, 0.05) is 76.5 Å². The Morgan fingerprint density at radius 3 is 1.71 bits per heavy atom. The fraction of sp³-hybridized carbons (Fsp3) is 0.240. The van der Waals surface area contributed by atoms with Gasteiger partial charge in [0.2, 0.25) is 20.0 Å². The molecule has 1 atom stereocenters. The maximum absolute atomic E-state index is 13.2. The lowest BCUT2D eigenvalue weighted by Gasteiger charge is -2.32. The predicted octanol–water partition coefficient (Wildman–Crippen LogP) is 10.1. The van der Waals surface area contributed by atoms with Gasteiger partial charge in [-0.2, -0.15) is 21.8 Å². The molecule has 362 valence electrons. The van der Waals surface area contributed by atoms with Crippen LogP contribution in [0.15, 0.2) is 161 Å². The summed E-state index contributed by atoms with van der Waals surface area (Å²) in [5.41, 5.74) is 2.66. The molecule has 8 rings (SSSR count). The largest absolute Gasteiger partial charge is 0.416 e. The second-order valence-corrected chi connectivity index (χ2v) is 21.2. The number of amides is 2. The predicted molar refractivity (Wildman–Crippen MR) is 264 cm³/mol. The van der Waals surface area contributed by atoms with E-state index in [9.17, 15) is 39.6 Å². The molecule has 19 heteroatoms. The Hall–Kier alpha value is -5.79. The highest BCUT2D eigenvalue weighted by atomic mass is 35.5. The van der Waals surface area contributed by atoms with Crippen LogP contribution in [0.4, 0.5) is 30.2 Å². The minimum Gasteiger partial charge on any atom is -0.382 e. The standard InChI is InChI=1S/C26H25ClF3N3O3S.C24H24ClN3O3S/c27-21-6-4-19(5-7-21)25(34)32-22-8-10-24(11-9-22)37(35,36)33-15-13-23(17-33)31-14-12-18-2-1-3-20(16-18)26(28,29)30;25-19-11-9-18(10-12-19)24(29)27-22-7-4-8-23(17-22)32(30,31)28-15-13-21(14-16-28)26-20-5-2-1-3-6-20/h1-11,16,23,31H,12-15,17H2,(H,32,34);1-12,17,21,26H,13-16H2,(H,27,29). The van der Waals surface area contributed by atoms with E-state index in [1.165, 1.54) is 45.0 Å². The average Bonchev–Trinajstić information content (AvgIpc) is 3.83. The lowest BCUT2D eigenvalue weighted by Crippen LogP contribution is -2.42. The van der Waals surface area contributed by atoms with Crippen molar-refractivity contribution in [1.29, 1.82) is 0 Å². The first-order valence-corrected chi connectivity index (χ1v) is 25.6. The minimum atomic E-state index is -4.38. The molecular formula is C50H49Cl2F3N6O6S2. The van der Waals surface area contributed by atoms with Crippen LogP contribution < -0.4 is 21.3 Å². The van der Waals surface area contributed by atoms with Gasteiger partial charge in [0.05, 0.1) is 15.4 Å². The SMILES string of the molecule is O=C(Nc1ccc(S(=O)(=O)N2CCC(NCCc3cccc(C(F)(F)F)c3)C2)cc1)c1ccc(Cl)cc1.O=C(Nc1cccc(S(=O)(=O)N2CCC(Nc3ccccc3)CC2)c1)c1ccc(Cl)cc1. The molecule has 6 aromatic rings. The second kappa shape index (κ2) is 22.8. The Labute approximate surface area is 409 Å². The molecule has 0 aromatic heterocycles. The molecule has 6 aromatic carbocycles. The number of anilines is 3. The summed E-state index contributed by atoms with van der Waals surface area (Å²) in [4.78, 5) is 25.1. The summed E-state index contributed by atoms with van der Waals surface area (Å²) in [7, 11) is -7.38. The van der Waals surface area contributed by atoms with Gasteiger partial charge < -0.3 is 21.3 Å². The molecular weight excluding hydrogens is 973 g/mol. The van der Waals surface area contributed by atoms with Gasteiger partial charge >= 0.3 is 6.18 Å². The fourth-order valence-corrected chi connectivity index (χ4v) is 11.1. The van der Waals surface area contributed by atoms with Gasteiger partial charge in [0.25, 0.3) is 11.8 Å². The smallest absolute Gasteiger partial charge is 0.382 e. The number of nitrogens with zero attached hydrogens (tertiary/aromatic N) is 2. The highest BCUT2D eigenvalue weighted by Crippen LogP contribution is 2.30. The Kier molecular flexibility index (Phi) is 16.8. The fourth-order valence-electron chi connectivity index (χ4n) is 7.80. The van der Waals surface area contributed by atoms with Crippen molar-refractivity contribution in [2.75, 3.05) is 48.7 Å². The molecule has 2 fully saturated rings. The van der Waals surface area contributed by atoms with Crippen molar-refractivity contribution in [2.24, 2.45) is 0 Å². The number of para-hydroxylation sites is 1. The summed E-state index contributed by atoms with van der Waals surface area (Å²) in [6.07, 6.45) is -1.94. The van der Waals surface area contributed by atoms with Gasteiger partial charge in [0.15, 0.2) is 0 Å². The molecule has 2 aliphatic rings. The zero-order chi connectivity index (χ0) is 49.2. The van der Waals surface area contributed by atoms with Gasteiger partial charge in [-0.25, -0.2) is 16.8 Å². The Bertz CT molecular complexity index is 2930. The highest BCUT2D eigenvalue weighted by molar-refractivity contribution is 7.89. The quantitative estimate of drug-likeness (QED) is 0.0840. The number of hydrogen-bond acceptors (Lipinski definition) is 8. The van der Waals surface area contributed by atoms with E-state index in [1.807, 2.05) is 30.3 Å². The molecule has 4 N–H and O–H groups in total.